The van der Waals surface area contributed by atoms with Crippen LogP contribution < -0.4 is 10.6 Å². The highest BCUT2D eigenvalue weighted by Crippen LogP contribution is 2.16. The lowest BCUT2D eigenvalue weighted by atomic mass is 10.1. The number of benzene rings is 2. The van der Waals surface area contributed by atoms with Gasteiger partial charge in [0.15, 0.2) is 9.84 Å². The van der Waals surface area contributed by atoms with Gasteiger partial charge in [-0.25, -0.2) is 8.42 Å². The maximum absolute atomic E-state index is 12.1. The summed E-state index contributed by atoms with van der Waals surface area (Å²) in [6.07, 6.45) is 4.22. The third-order valence-corrected chi connectivity index (χ3v) is 5.12. The van der Waals surface area contributed by atoms with Crippen molar-refractivity contribution in [1.82, 2.24) is 10.6 Å². The van der Waals surface area contributed by atoms with Crippen molar-refractivity contribution in [3.05, 3.63) is 71.3 Å². The summed E-state index contributed by atoms with van der Waals surface area (Å²) in [5.74, 6) is -0.441. The Morgan fingerprint density at radius 1 is 1.00 bits per heavy atom. The first-order valence-electron chi connectivity index (χ1n) is 8.31. The topological polar surface area (TPSA) is 92.3 Å². The van der Waals surface area contributed by atoms with E-state index in [1.54, 1.807) is 49.5 Å². The van der Waals surface area contributed by atoms with Crippen LogP contribution in [-0.2, 0) is 14.6 Å². The van der Waals surface area contributed by atoms with E-state index in [1.807, 2.05) is 6.92 Å². The Balaban J connectivity index is 1.98. The second-order valence-electron chi connectivity index (χ2n) is 6.11. The minimum Gasteiger partial charge on any atom is -0.355 e. The monoisotopic (exact) mass is 386 g/mol. The smallest absolute Gasteiger partial charge is 0.251 e. The molecule has 0 radical (unpaired) electrons. The molecule has 2 rings (SSSR count). The van der Waals surface area contributed by atoms with Gasteiger partial charge in [-0.1, -0.05) is 24.3 Å². The zero-order valence-corrected chi connectivity index (χ0v) is 16.2. The van der Waals surface area contributed by atoms with Gasteiger partial charge in [0.1, 0.15) is 0 Å². The van der Waals surface area contributed by atoms with Crippen molar-refractivity contribution in [2.75, 3.05) is 13.3 Å². The van der Waals surface area contributed by atoms with Crippen LogP contribution in [0.4, 0.5) is 0 Å². The van der Waals surface area contributed by atoms with Crippen molar-refractivity contribution < 1.29 is 18.0 Å². The molecular formula is C20H22N2O4S. The van der Waals surface area contributed by atoms with E-state index in [0.717, 1.165) is 17.4 Å². The SMILES string of the molecule is CNC(=O)c1ccc(/C=C/C(=O)NC(C)c2ccc(S(C)(=O)=O)cc2)cc1. The van der Waals surface area contributed by atoms with Gasteiger partial charge in [0.25, 0.3) is 5.91 Å². The minimum atomic E-state index is -3.24. The molecule has 2 amide bonds. The third-order valence-electron chi connectivity index (χ3n) is 3.99. The first-order valence-corrected chi connectivity index (χ1v) is 10.2. The van der Waals surface area contributed by atoms with Gasteiger partial charge in [-0.15, -0.1) is 0 Å². The Kier molecular flexibility index (Phi) is 6.52. The Morgan fingerprint density at radius 3 is 2.11 bits per heavy atom. The molecule has 1 atom stereocenters. The highest BCUT2D eigenvalue weighted by atomic mass is 32.2. The van der Waals surface area contributed by atoms with E-state index in [4.69, 9.17) is 0 Å². The van der Waals surface area contributed by atoms with Crippen LogP contribution in [0, 0.1) is 0 Å². The van der Waals surface area contributed by atoms with Crippen LogP contribution >= 0.6 is 0 Å². The predicted molar refractivity (Wildman–Crippen MR) is 105 cm³/mol. The normalized spacial score (nSPS) is 12.6. The van der Waals surface area contributed by atoms with Crippen molar-refractivity contribution in [2.45, 2.75) is 17.9 Å². The van der Waals surface area contributed by atoms with Gasteiger partial charge in [0.05, 0.1) is 10.9 Å². The number of hydrogen-bond donors (Lipinski definition) is 2. The molecule has 0 aliphatic carbocycles. The van der Waals surface area contributed by atoms with Crippen molar-refractivity contribution in [2.24, 2.45) is 0 Å². The van der Waals surface area contributed by atoms with E-state index >= 15 is 0 Å². The molecule has 27 heavy (non-hydrogen) atoms. The summed E-state index contributed by atoms with van der Waals surface area (Å²) in [7, 11) is -1.68. The molecule has 0 fully saturated rings. The van der Waals surface area contributed by atoms with Crippen LogP contribution in [0.25, 0.3) is 6.08 Å². The van der Waals surface area contributed by atoms with Crippen LogP contribution in [0.15, 0.2) is 59.5 Å². The second-order valence-corrected chi connectivity index (χ2v) is 8.12. The first-order chi connectivity index (χ1) is 12.7. The largest absolute Gasteiger partial charge is 0.355 e. The fourth-order valence-electron chi connectivity index (χ4n) is 2.41. The molecule has 0 saturated heterocycles. The van der Waals surface area contributed by atoms with Crippen molar-refractivity contribution in [3.63, 3.8) is 0 Å². The van der Waals surface area contributed by atoms with Crippen LogP contribution in [-0.4, -0.2) is 33.5 Å². The van der Waals surface area contributed by atoms with Gasteiger partial charge >= 0.3 is 0 Å². The van der Waals surface area contributed by atoms with Gasteiger partial charge < -0.3 is 10.6 Å². The molecular weight excluding hydrogens is 364 g/mol. The number of sulfone groups is 1. The van der Waals surface area contributed by atoms with Crippen LogP contribution in [0.2, 0.25) is 0 Å². The van der Waals surface area contributed by atoms with Crippen LogP contribution in [0.5, 0.6) is 0 Å². The Hall–Kier alpha value is -2.93. The first kappa shape index (κ1) is 20.4. The summed E-state index contributed by atoms with van der Waals surface area (Å²) in [6, 6.07) is 13.0. The fraction of sp³-hybridized carbons (Fsp3) is 0.200. The number of carbonyl (C=O) groups excluding carboxylic acids is 2. The van der Waals surface area contributed by atoms with Gasteiger partial charge in [-0.05, 0) is 48.4 Å². The number of carbonyl (C=O) groups is 2. The molecule has 0 bridgehead atoms. The van der Waals surface area contributed by atoms with Crippen molar-refractivity contribution >= 4 is 27.7 Å². The maximum Gasteiger partial charge on any atom is 0.251 e. The molecule has 0 aliphatic rings. The molecule has 0 aromatic heterocycles. The highest BCUT2D eigenvalue weighted by Gasteiger charge is 2.10. The molecule has 7 heteroatoms. The van der Waals surface area contributed by atoms with Gasteiger partial charge in [0.2, 0.25) is 5.91 Å². The highest BCUT2D eigenvalue weighted by molar-refractivity contribution is 7.90. The molecule has 2 aromatic carbocycles. The van der Waals surface area contributed by atoms with E-state index in [-0.39, 0.29) is 22.8 Å². The third kappa shape index (κ3) is 5.79. The summed E-state index contributed by atoms with van der Waals surface area (Å²) >= 11 is 0. The van der Waals surface area contributed by atoms with Crippen molar-refractivity contribution in [1.29, 1.82) is 0 Å². The second kappa shape index (κ2) is 8.64. The van der Waals surface area contributed by atoms with E-state index in [2.05, 4.69) is 10.6 Å². The van der Waals surface area contributed by atoms with E-state index in [9.17, 15) is 18.0 Å². The van der Waals surface area contributed by atoms with E-state index in [1.165, 1.54) is 18.2 Å². The molecule has 0 saturated carbocycles. The van der Waals surface area contributed by atoms with Gasteiger partial charge in [-0.3, -0.25) is 9.59 Å². The van der Waals surface area contributed by atoms with Crippen molar-refractivity contribution in [3.8, 4) is 0 Å². The summed E-state index contributed by atoms with van der Waals surface area (Å²) in [6.45, 7) is 1.82. The van der Waals surface area contributed by atoms with E-state index < -0.39 is 9.84 Å². The Bertz CT molecular complexity index is 946. The van der Waals surface area contributed by atoms with Crippen LogP contribution in [0.1, 0.15) is 34.5 Å². The lowest BCUT2D eigenvalue weighted by molar-refractivity contribution is -0.117. The molecule has 0 heterocycles. The molecule has 1 unspecified atom stereocenters. The molecule has 142 valence electrons. The quantitative estimate of drug-likeness (QED) is 0.746. The minimum absolute atomic E-state index is 0.168. The number of hydrogen-bond acceptors (Lipinski definition) is 4. The molecule has 2 aromatic rings. The predicted octanol–water partition coefficient (Wildman–Crippen LogP) is 2.34. The standard InChI is InChI=1S/C20H22N2O4S/c1-14(16-9-11-18(12-10-16)27(3,25)26)22-19(23)13-6-15-4-7-17(8-5-15)20(24)21-2/h4-14H,1-3H3,(H,21,24)(H,22,23)/b13-6+. The number of amides is 2. The summed E-state index contributed by atoms with van der Waals surface area (Å²) in [4.78, 5) is 23.8. The summed E-state index contributed by atoms with van der Waals surface area (Å²) < 4.78 is 23.0. The van der Waals surface area contributed by atoms with Gasteiger partial charge in [0, 0.05) is 24.9 Å². The lowest BCUT2D eigenvalue weighted by Crippen LogP contribution is -2.24. The van der Waals surface area contributed by atoms with E-state index in [0.29, 0.717) is 5.56 Å². The zero-order valence-electron chi connectivity index (χ0n) is 15.4. The molecule has 2 N–H and O–H groups in total. The molecule has 6 nitrogen and oxygen atoms in total. The van der Waals surface area contributed by atoms with Crippen LogP contribution in [0.3, 0.4) is 0 Å². The van der Waals surface area contributed by atoms with Gasteiger partial charge in [-0.2, -0.15) is 0 Å². The average Bonchev–Trinajstić information content (AvgIpc) is 2.65. The average molecular weight is 386 g/mol. The lowest BCUT2D eigenvalue weighted by Gasteiger charge is -2.13. The number of rotatable bonds is 6. The fourth-order valence-corrected chi connectivity index (χ4v) is 3.04. The molecule has 0 spiro atoms. The summed E-state index contributed by atoms with van der Waals surface area (Å²) in [5.41, 5.74) is 2.15. The molecule has 0 aliphatic heterocycles. The Labute approximate surface area is 159 Å². The number of nitrogens with one attached hydrogen (secondary N) is 2. The zero-order chi connectivity index (χ0) is 20.0. The maximum atomic E-state index is 12.1. The summed E-state index contributed by atoms with van der Waals surface area (Å²) in [5, 5.41) is 5.37. The Morgan fingerprint density at radius 2 is 1.59 bits per heavy atom.